The number of nitrogens with zero attached hydrogens (tertiary/aromatic N) is 1. The second-order valence-corrected chi connectivity index (χ2v) is 5.32. The van der Waals surface area contributed by atoms with Gasteiger partial charge in [-0.3, -0.25) is 0 Å². The maximum atomic E-state index is 13.0. The monoisotopic (exact) mass is 246 g/mol. The minimum absolute atomic E-state index is 0.358. The summed E-state index contributed by atoms with van der Waals surface area (Å²) >= 11 is 0. The average Bonchev–Trinajstić information content (AvgIpc) is 2.37. The van der Waals surface area contributed by atoms with Crippen molar-refractivity contribution in [3.8, 4) is 6.07 Å². The molecule has 0 aromatic heterocycles. The number of nitrogens with one attached hydrogen (secondary N) is 1. The Morgan fingerprint density at radius 3 is 3.00 bits per heavy atom. The van der Waals surface area contributed by atoms with Crippen LogP contribution in [0.5, 0.6) is 0 Å². The van der Waals surface area contributed by atoms with E-state index in [0.717, 1.165) is 18.2 Å². The molecule has 1 aliphatic rings. The number of hydrogen-bond donors (Lipinski definition) is 1. The molecule has 1 N–H and O–H groups in total. The number of benzene rings is 1. The molecule has 0 spiro atoms. The van der Waals surface area contributed by atoms with E-state index in [1.165, 1.54) is 37.8 Å². The predicted octanol–water partition coefficient (Wildman–Crippen LogP) is 3.94. The Morgan fingerprint density at radius 1 is 1.44 bits per heavy atom. The Morgan fingerprint density at radius 2 is 2.28 bits per heavy atom. The quantitative estimate of drug-likeness (QED) is 0.877. The van der Waals surface area contributed by atoms with Crippen LogP contribution >= 0.6 is 0 Å². The summed E-state index contributed by atoms with van der Waals surface area (Å²) in [6.07, 6.45) is 5.12. The Hall–Kier alpha value is -1.56. The van der Waals surface area contributed by atoms with Gasteiger partial charge in [-0.25, -0.2) is 4.39 Å². The second-order valence-electron chi connectivity index (χ2n) is 5.32. The largest absolute Gasteiger partial charge is 0.384 e. The van der Waals surface area contributed by atoms with E-state index >= 15 is 0 Å². The van der Waals surface area contributed by atoms with Gasteiger partial charge in [0.05, 0.1) is 11.3 Å². The summed E-state index contributed by atoms with van der Waals surface area (Å²) < 4.78 is 13.0. The molecule has 0 bridgehead atoms. The normalized spacial score (nSPS) is 23.4. The van der Waals surface area contributed by atoms with Gasteiger partial charge >= 0.3 is 0 Å². The van der Waals surface area contributed by atoms with Crippen LogP contribution in [0.15, 0.2) is 18.2 Å². The van der Waals surface area contributed by atoms with Crippen LogP contribution < -0.4 is 5.32 Å². The highest BCUT2D eigenvalue weighted by Crippen LogP contribution is 2.29. The molecular weight excluding hydrogens is 227 g/mol. The van der Waals surface area contributed by atoms with Crippen molar-refractivity contribution >= 4 is 5.69 Å². The van der Waals surface area contributed by atoms with Crippen LogP contribution in [0.25, 0.3) is 0 Å². The Kier molecular flexibility index (Phi) is 4.19. The molecule has 2 nitrogen and oxygen atoms in total. The Labute approximate surface area is 108 Å². The minimum atomic E-state index is -0.358. The molecule has 2 unspecified atom stereocenters. The van der Waals surface area contributed by atoms with Crippen LogP contribution in [0.2, 0.25) is 0 Å². The maximum Gasteiger partial charge on any atom is 0.124 e. The molecule has 96 valence electrons. The van der Waals surface area contributed by atoms with E-state index in [1.54, 1.807) is 6.07 Å². The second kappa shape index (κ2) is 5.86. The molecule has 1 aromatic rings. The van der Waals surface area contributed by atoms with Gasteiger partial charge in [-0.05, 0) is 42.9 Å². The molecular formula is C15H19FN2. The average molecular weight is 246 g/mol. The van der Waals surface area contributed by atoms with Crippen molar-refractivity contribution in [2.75, 3.05) is 11.9 Å². The first-order valence-corrected chi connectivity index (χ1v) is 6.62. The molecule has 1 aromatic carbocycles. The molecule has 1 saturated carbocycles. The number of rotatable bonds is 3. The molecule has 0 heterocycles. The van der Waals surface area contributed by atoms with Crippen molar-refractivity contribution < 1.29 is 4.39 Å². The summed E-state index contributed by atoms with van der Waals surface area (Å²) in [5.41, 5.74) is 1.14. The van der Waals surface area contributed by atoms with Gasteiger partial charge in [0.15, 0.2) is 0 Å². The highest BCUT2D eigenvalue weighted by Gasteiger charge is 2.18. The van der Waals surface area contributed by atoms with Crippen LogP contribution in [0.3, 0.4) is 0 Å². The zero-order chi connectivity index (χ0) is 13.0. The first-order valence-electron chi connectivity index (χ1n) is 6.62. The summed E-state index contributed by atoms with van der Waals surface area (Å²) in [6.45, 7) is 3.18. The zero-order valence-electron chi connectivity index (χ0n) is 10.7. The van der Waals surface area contributed by atoms with Crippen LogP contribution in [0.4, 0.5) is 10.1 Å². The number of hydrogen-bond acceptors (Lipinski definition) is 2. The summed E-state index contributed by atoms with van der Waals surface area (Å²) in [5, 5.41) is 12.3. The van der Waals surface area contributed by atoms with E-state index in [-0.39, 0.29) is 5.82 Å². The smallest absolute Gasteiger partial charge is 0.124 e. The molecule has 0 aliphatic heterocycles. The lowest BCUT2D eigenvalue weighted by molar-refractivity contribution is 0.293. The van der Waals surface area contributed by atoms with Crippen molar-refractivity contribution in [3.63, 3.8) is 0 Å². The van der Waals surface area contributed by atoms with E-state index in [4.69, 9.17) is 5.26 Å². The van der Waals surface area contributed by atoms with Gasteiger partial charge in [0.2, 0.25) is 0 Å². The molecule has 18 heavy (non-hydrogen) atoms. The minimum Gasteiger partial charge on any atom is -0.384 e. The third-order valence-electron chi connectivity index (χ3n) is 3.73. The molecule has 3 heteroatoms. The molecule has 2 atom stereocenters. The molecule has 2 rings (SSSR count). The fourth-order valence-corrected chi connectivity index (χ4v) is 2.76. The lowest BCUT2D eigenvalue weighted by Gasteiger charge is -2.27. The van der Waals surface area contributed by atoms with Gasteiger partial charge in [0, 0.05) is 6.54 Å². The van der Waals surface area contributed by atoms with Gasteiger partial charge in [-0.15, -0.1) is 0 Å². The van der Waals surface area contributed by atoms with E-state index < -0.39 is 0 Å². The highest BCUT2D eigenvalue weighted by molar-refractivity contribution is 5.57. The van der Waals surface area contributed by atoms with Gasteiger partial charge in [-0.2, -0.15) is 5.26 Å². The van der Waals surface area contributed by atoms with Crippen LogP contribution in [0, 0.1) is 29.0 Å². The molecule has 0 amide bonds. The van der Waals surface area contributed by atoms with Gasteiger partial charge < -0.3 is 5.32 Å². The summed E-state index contributed by atoms with van der Waals surface area (Å²) in [4.78, 5) is 0. The van der Waals surface area contributed by atoms with Crippen LogP contribution in [0.1, 0.15) is 38.2 Å². The van der Waals surface area contributed by atoms with Gasteiger partial charge in [0.1, 0.15) is 11.9 Å². The molecule has 0 radical (unpaired) electrons. The van der Waals surface area contributed by atoms with Crippen molar-refractivity contribution in [1.82, 2.24) is 0 Å². The zero-order valence-corrected chi connectivity index (χ0v) is 10.7. The topological polar surface area (TPSA) is 35.8 Å². The van der Waals surface area contributed by atoms with Gasteiger partial charge in [-0.1, -0.05) is 19.8 Å². The number of anilines is 1. The number of nitriles is 1. The van der Waals surface area contributed by atoms with E-state index in [1.807, 2.05) is 6.07 Å². The fourth-order valence-electron chi connectivity index (χ4n) is 2.76. The van der Waals surface area contributed by atoms with Crippen LogP contribution in [-0.4, -0.2) is 6.54 Å². The summed E-state index contributed by atoms with van der Waals surface area (Å²) in [6, 6.07) is 6.36. The molecule has 1 fully saturated rings. The lowest BCUT2D eigenvalue weighted by Crippen LogP contribution is -2.21. The van der Waals surface area contributed by atoms with Crippen LogP contribution in [-0.2, 0) is 0 Å². The Balaban J connectivity index is 1.96. The third kappa shape index (κ3) is 3.22. The van der Waals surface area contributed by atoms with Crippen molar-refractivity contribution in [2.24, 2.45) is 11.8 Å². The fraction of sp³-hybridized carbons (Fsp3) is 0.533. The Bertz CT molecular complexity index is 450. The maximum absolute atomic E-state index is 13.0. The number of halogens is 1. The standard InChI is InChI=1S/C15H19FN2/c1-11-3-2-4-12(7-11)10-18-15-6-5-14(16)8-13(15)9-17/h5-6,8,11-12,18H,2-4,7,10H2,1H3. The molecule has 1 aliphatic carbocycles. The SMILES string of the molecule is CC1CCCC(CNc2ccc(F)cc2C#N)C1. The van der Waals surface area contributed by atoms with E-state index in [9.17, 15) is 4.39 Å². The van der Waals surface area contributed by atoms with Gasteiger partial charge in [0.25, 0.3) is 0 Å². The van der Waals surface area contributed by atoms with Crippen molar-refractivity contribution in [3.05, 3.63) is 29.6 Å². The first-order chi connectivity index (χ1) is 8.69. The van der Waals surface area contributed by atoms with E-state index in [2.05, 4.69) is 12.2 Å². The highest BCUT2D eigenvalue weighted by atomic mass is 19.1. The van der Waals surface area contributed by atoms with Crippen molar-refractivity contribution in [1.29, 1.82) is 5.26 Å². The third-order valence-corrected chi connectivity index (χ3v) is 3.73. The predicted molar refractivity (Wildman–Crippen MR) is 70.7 cm³/mol. The first kappa shape index (κ1) is 12.9. The lowest BCUT2D eigenvalue weighted by atomic mass is 9.82. The van der Waals surface area contributed by atoms with E-state index in [0.29, 0.717) is 11.5 Å². The summed E-state index contributed by atoms with van der Waals surface area (Å²) in [7, 11) is 0. The van der Waals surface area contributed by atoms with Crippen molar-refractivity contribution in [2.45, 2.75) is 32.6 Å². The summed E-state index contributed by atoms with van der Waals surface area (Å²) in [5.74, 6) is 1.11. The molecule has 0 saturated heterocycles.